The summed E-state index contributed by atoms with van der Waals surface area (Å²) in [7, 11) is 1.47. The molecule has 0 radical (unpaired) electrons. The minimum Gasteiger partial charge on any atom is -0.495 e. The number of aromatic nitrogens is 4. The molecule has 22 heteroatoms. The highest BCUT2D eigenvalue weighted by Crippen LogP contribution is 2.40. The van der Waals surface area contributed by atoms with E-state index in [1.807, 2.05) is 16.8 Å². The molecule has 384 valence electrons. The maximum absolute atomic E-state index is 13.9. The zero-order valence-corrected chi connectivity index (χ0v) is 40.2. The topological polar surface area (TPSA) is 233 Å². The Morgan fingerprint density at radius 2 is 1.71 bits per heavy atom. The molecule has 73 heavy (non-hydrogen) atoms. The van der Waals surface area contributed by atoms with Crippen LogP contribution < -0.4 is 31.3 Å². The Morgan fingerprint density at radius 1 is 0.932 bits per heavy atom. The van der Waals surface area contributed by atoms with Crippen molar-refractivity contribution in [3.8, 4) is 17.0 Å². The lowest BCUT2D eigenvalue weighted by atomic mass is 9.90. The Balaban J connectivity index is 0.867. The third-order valence-corrected chi connectivity index (χ3v) is 13.9. The smallest absolute Gasteiger partial charge is 0.416 e. The minimum atomic E-state index is -4.57. The number of imide groups is 1. The summed E-state index contributed by atoms with van der Waals surface area (Å²) < 4.78 is 47.4. The van der Waals surface area contributed by atoms with Crippen LogP contribution in [0, 0.1) is 0 Å². The second-order valence-corrected chi connectivity index (χ2v) is 18.6. The van der Waals surface area contributed by atoms with Crippen LogP contribution in [-0.4, -0.2) is 135 Å². The number of pyridine rings is 2. The van der Waals surface area contributed by atoms with E-state index in [2.05, 4.69) is 30.8 Å². The minimum absolute atomic E-state index is 0.0862. The molecule has 3 aliphatic heterocycles. The largest absolute Gasteiger partial charge is 0.495 e. The zero-order valence-electron chi connectivity index (χ0n) is 40.2. The van der Waals surface area contributed by atoms with E-state index in [0.717, 1.165) is 48.7 Å². The predicted octanol–water partition coefficient (Wildman–Crippen LogP) is 5.74. The van der Waals surface area contributed by atoms with Gasteiger partial charge in [0.25, 0.3) is 5.91 Å². The number of nitrogens with zero attached hydrogens (tertiary/aromatic N) is 8. The fraction of sp³-hybridized carbons (Fsp3) is 0.412. The van der Waals surface area contributed by atoms with Gasteiger partial charge in [0.05, 0.1) is 35.3 Å². The Kier molecular flexibility index (Phi) is 14.9. The number of carbonyl (C=O) groups excluding carboxylic acids is 5. The third kappa shape index (κ3) is 11.4. The molecule has 6 heterocycles. The highest BCUT2D eigenvalue weighted by Gasteiger charge is 2.33. The number of aliphatic hydroxyl groups is 1. The van der Waals surface area contributed by atoms with Crippen LogP contribution >= 0.6 is 0 Å². The molecule has 1 aliphatic carbocycles. The number of ether oxygens (including phenoxy) is 1. The molecule has 6 N–H and O–H groups in total. The molecule has 5 aromatic rings. The normalized spacial score (nSPS) is 20.1. The van der Waals surface area contributed by atoms with E-state index in [-0.39, 0.29) is 79.7 Å². The van der Waals surface area contributed by atoms with E-state index in [9.17, 15) is 42.3 Å². The van der Waals surface area contributed by atoms with Gasteiger partial charge in [-0.1, -0.05) is 36.4 Å². The van der Waals surface area contributed by atoms with Crippen molar-refractivity contribution in [1.82, 2.24) is 45.1 Å². The zero-order chi connectivity index (χ0) is 51.4. The lowest BCUT2D eigenvalue weighted by Gasteiger charge is -2.35. The van der Waals surface area contributed by atoms with Gasteiger partial charge in [0.1, 0.15) is 23.1 Å². The average Bonchev–Trinajstić information content (AvgIpc) is 3.80. The first-order chi connectivity index (χ1) is 35.1. The summed E-state index contributed by atoms with van der Waals surface area (Å²) in [5.74, 6) is -0.286. The van der Waals surface area contributed by atoms with Crippen molar-refractivity contribution in [3.63, 3.8) is 0 Å². The molecular formula is C51H57F3N12O7. The van der Waals surface area contributed by atoms with Gasteiger partial charge < -0.3 is 36.0 Å². The molecule has 3 aromatic heterocycles. The van der Waals surface area contributed by atoms with Crippen molar-refractivity contribution in [2.75, 3.05) is 75.4 Å². The molecule has 2 bridgehead atoms. The molecule has 2 aromatic carbocycles. The molecule has 9 rings (SSSR count). The molecule has 2 saturated heterocycles. The number of hydrogen-bond donors (Lipinski definition) is 5. The number of piperazine rings is 1. The Bertz CT molecular complexity index is 2920. The fourth-order valence-corrected chi connectivity index (χ4v) is 9.99. The van der Waals surface area contributed by atoms with Gasteiger partial charge in [-0.2, -0.15) is 18.3 Å². The first kappa shape index (κ1) is 50.4. The fourth-order valence-electron chi connectivity index (χ4n) is 9.99. The number of benzene rings is 2. The third-order valence-electron chi connectivity index (χ3n) is 13.9. The molecule has 1 unspecified atom stereocenters. The number of halogens is 3. The van der Waals surface area contributed by atoms with Gasteiger partial charge in [-0.3, -0.25) is 39.0 Å². The quantitative estimate of drug-likeness (QED) is 0.105. The second kappa shape index (κ2) is 21.6. The van der Waals surface area contributed by atoms with E-state index in [1.165, 1.54) is 12.0 Å². The maximum Gasteiger partial charge on any atom is 0.416 e. The van der Waals surface area contributed by atoms with E-state index in [4.69, 9.17) is 15.6 Å². The number of alkyl halides is 3. The van der Waals surface area contributed by atoms with Gasteiger partial charge in [-0.15, -0.1) is 0 Å². The van der Waals surface area contributed by atoms with Crippen molar-refractivity contribution >= 4 is 64.0 Å². The maximum atomic E-state index is 13.9. The summed E-state index contributed by atoms with van der Waals surface area (Å²) in [6.45, 7) is 3.20. The van der Waals surface area contributed by atoms with Crippen molar-refractivity contribution in [3.05, 3.63) is 95.3 Å². The monoisotopic (exact) mass is 1010 g/mol. The van der Waals surface area contributed by atoms with E-state index < -0.39 is 24.0 Å². The van der Waals surface area contributed by atoms with Crippen LogP contribution in [-0.2, 0) is 20.6 Å². The number of methoxy groups -OCH3 is 1. The molecule has 4 aliphatic rings. The number of aliphatic hydroxyl groups excluding tert-OH is 1. The molecule has 3 fully saturated rings. The number of hydrogen-bond acceptors (Lipinski definition) is 13. The number of nitrogen functional groups attached to an aromatic ring is 1. The van der Waals surface area contributed by atoms with Crippen molar-refractivity contribution < 1.29 is 47.0 Å². The van der Waals surface area contributed by atoms with Gasteiger partial charge >= 0.3 is 12.2 Å². The van der Waals surface area contributed by atoms with Crippen LogP contribution in [0.25, 0.3) is 28.2 Å². The van der Waals surface area contributed by atoms with Crippen LogP contribution in [0.4, 0.5) is 35.3 Å². The molecule has 6 amide bonds. The number of carbonyl (C=O) groups is 5. The number of nitrogens with one attached hydrogen (secondary N) is 3. The highest BCUT2D eigenvalue weighted by atomic mass is 19.4. The predicted molar refractivity (Wildman–Crippen MR) is 265 cm³/mol. The van der Waals surface area contributed by atoms with Crippen molar-refractivity contribution in [2.45, 2.75) is 75.9 Å². The summed E-state index contributed by atoms with van der Waals surface area (Å²) in [4.78, 5) is 81.0. The lowest BCUT2D eigenvalue weighted by Crippen LogP contribution is -2.50. The first-order valence-electron chi connectivity index (χ1n) is 24.4. The van der Waals surface area contributed by atoms with Gasteiger partial charge in [-0.25, -0.2) is 14.8 Å². The SMILES string of the molecule is COc1ccc(C(=O)N2CCN(CCC(=O)N3CC/C=C/c4cnc(N)c5c(-c6ccc(C(O)Nc7cc(C(F)(F)F)ccn7)cc6)nn(c45)[C@@H]4CCC[C@H](C4)NC(=O)CC3)CC2)cc1N1CCC(=O)NC1=O. The Hall–Kier alpha value is -7.59. The lowest BCUT2D eigenvalue weighted by molar-refractivity contribution is -0.137. The summed E-state index contributed by atoms with van der Waals surface area (Å²) in [5, 5.41) is 24.9. The van der Waals surface area contributed by atoms with Gasteiger partial charge in [0, 0.05) is 112 Å². The molecule has 0 spiro atoms. The van der Waals surface area contributed by atoms with Crippen LogP contribution in [0.15, 0.2) is 73.1 Å². The standard InChI is InChI=1S/C51H57F3N12O7/c1-73-39-13-12-33(27-38(39)65-22-16-42(68)60-50(65)72)49(71)64-25-23-62(24-26-64)20-17-43(69)63-19-3-2-5-34-30-57-47(55)44-45(61-66(46(34)44)37-7-4-6-36(29-37)58-41(67)15-21-63)31-8-10-32(11-9-31)48(70)59-40-28-35(14-18-56-40)51(52,53)54/h2,5,8-14,18,27-28,30,36-37,48,70H,3-4,6-7,15-17,19-26,29H2,1H3,(H2,55,57)(H,56,59)(H,58,67)(H,60,68,72)/b5-2+/t36-,37-,48?/m1/s1. The number of urea groups is 1. The number of fused-ring (bicyclic) bond motifs is 3. The number of amides is 6. The second-order valence-electron chi connectivity index (χ2n) is 18.6. The van der Waals surface area contributed by atoms with Gasteiger partial charge in [-0.05, 0) is 62.4 Å². The van der Waals surface area contributed by atoms with Gasteiger partial charge in [0.15, 0.2) is 6.23 Å². The summed E-state index contributed by atoms with van der Waals surface area (Å²) in [6, 6.07) is 12.6. The first-order valence-corrected chi connectivity index (χ1v) is 24.4. The van der Waals surface area contributed by atoms with Crippen molar-refractivity contribution in [1.29, 1.82) is 0 Å². The highest BCUT2D eigenvalue weighted by molar-refractivity contribution is 6.07. The van der Waals surface area contributed by atoms with E-state index in [0.29, 0.717) is 91.3 Å². The van der Waals surface area contributed by atoms with Gasteiger partial charge in [0.2, 0.25) is 17.7 Å². The molecular weight excluding hydrogens is 950 g/mol. The van der Waals surface area contributed by atoms with Crippen LogP contribution in [0.3, 0.4) is 0 Å². The summed E-state index contributed by atoms with van der Waals surface area (Å²) in [6.07, 6.45) is 4.70. The van der Waals surface area contributed by atoms with E-state index in [1.54, 1.807) is 58.5 Å². The summed E-state index contributed by atoms with van der Waals surface area (Å²) in [5.41, 5.74) is 9.65. The number of anilines is 3. The van der Waals surface area contributed by atoms with Crippen LogP contribution in [0.5, 0.6) is 5.75 Å². The molecule has 19 nitrogen and oxygen atoms in total. The Labute approximate surface area is 418 Å². The molecule has 1 saturated carbocycles. The van der Waals surface area contributed by atoms with Crippen molar-refractivity contribution in [2.24, 2.45) is 0 Å². The van der Waals surface area contributed by atoms with E-state index >= 15 is 0 Å². The molecule has 3 atom stereocenters. The average molecular weight is 1010 g/mol. The Morgan fingerprint density at radius 3 is 2.47 bits per heavy atom. The summed E-state index contributed by atoms with van der Waals surface area (Å²) >= 11 is 0. The van der Waals surface area contributed by atoms with Crippen LogP contribution in [0.1, 0.15) is 90.7 Å². The van der Waals surface area contributed by atoms with Crippen LogP contribution in [0.2, 0.25) is 0 Å². The number of rotatable bonds is 10. The number of nitrogens with two attached hydrogens (primary N) is 1.